The van der Waals surface area contributed by atoms with Crippen LogP contribution in [0.5, 0.6) is 0 Å². The van der Waals surface area contributed by atoms with Gasteiger partial charge in [-0.25, -0.2) is 0 Å². The highest BCUT2D eigenvalue weighted by atomic mass is 32.2. The van der Waals surface area contributed by atoms with E-state index in [1.807, 2.05) is 11.8 Å². The van der Waals surface area contributed by atoms with Crippen LogP contribution in [-0.2, 0) is 10.5 Å². The molecule has 0 saturated heterocycles. The summed E-state index contributed by atoms with van der Waals surface area (Å²) in [5.41, 5.74) is 3.89. The minimum atomic E-state index is 0.144. The maximum absolute atomic E-state index is 11.8. The Labute approximate surface area is 153 Å². The quantitative estimate of drug-likeness (QED) is 0.513. The number of carbonyl (C=O) groups is 1. The van der Waals surface area contributed by atoms with E-state index in [1.165, 1.54) is 21.6 Å². The van der Waals surface area contributed by atoms with E-state index in [2.05, 4.69) is 67.7 Å². The lowest BCUT2D eigenvalue weighted by Crippen LogP contribution is -2.25. The molecule has 2 nitrogen and oxygen atoms in total. The first-order valence-corrected chi connectivity index (χ1v) is 10.4. The van der Waals surface area contributed by atoms with Gasteiger partial charge in [-0.15, -0.1) is 11.8 Å². The van der Waals surface area contributed by atoms with Crippen molar-refractivity contribution < 1.29 is 4.79 Å². The molecule has 0 heterocycles. The molecule has 1 N–H and O–H groups in total. The Morgan fingerprint density at radius 3 is 2.21 bits per heavy atom. The van der Waals surface area contributed by atoms with Crippen LogP contribution in [0.1, 0.15) is 23.1 Å². The number of hydrogen-bond donors (Lipinski definition) is 1. The third-order valence-corrected chi connectivity index (χ3v) is 5.62. The maximum atomic E-state index is 11.8. The topological polar surface area (TPSA) is 29.1 Å². The van der Waals surface area contributed by atoms with Gasteiger partial charge in [-0.1, -0.05) is 47.5 Å². The van der Waals surface area contributed by atoms with Crippen LogP contribution in [0.3, 0.4) is 0 Å². The molecule has 0 aliphatic carbocycles. The van der Waals surface area contributed by atoms with Gasteiger partial charge >= 0.3 is 0 Å². The van der Waals surface area contributed by atoms with E-state index in [9.17, 15) is 4.79 Å². The predicted molar refractivity (Wildman–Crippen MR) is 107 cm³/mol. The Morgan fingerprint density at radius 1 is 0.917 bits per heavy atom. The van der Waals surface area contributed by atoms with Gasteiger partial charge in [0.15, 0.2) is 0 Å². The van der Waals surface area contributed by atoms with E-state index in [-0.39, 0.29) is 5.91 Å². The van der Waals surface area contributed by atoms with Gasteiger partial charge < -0.3 is 5.32 Å². The molecule has 0 atom stereocenters. The number of aryl methyl sites for hydroxylation is 2. The van der Waals surface area contributed by atoms with Crippen molar-refractivity contribution >= 4 is 29.4 Å². The van der Waals surface area contributed by atoms with Crippen molar-refractivity contribution in [3.8, 4) is 0 Å². The first-order chi connectivity index (χ1) is 11.6. The molecule has 4 heteroatoms. The summed E-state index contributed by atoms with van der Waals surface area (Å²) in [6, 6.07) is 17.1. The van der Waals surface area contributed by atoms with E-state index in [4.69, 9.17) is 0 Å². The van der Waals surface area contributed by atoms with Gasteiger partial charge in [-0.2, -0.15) is 11.8 Å². The van der Waals surface area contributed by atoms with Crippen molar-refractivity contribution in [1.82, 2.24) is 5.32 Å². The molecule has 0 aromatic heterocycles. The molecular formula is C20H25NOS2. The standard InChI is InChI=1S/C20H25NOS2/c1-16-3-7-18(8-4-16)15-23-14-12-21-20(22)11-13-24-19-9-5-17(2)6-10-19/h3-10H,11-15H2,1-2H3,(H,21,22). The summed E-state index contributed by atoms with van der Waals surface area (Å²) in [5.74, 6) is 2.92. The molecular weight excluding hydrogens is 334 g/mol. The molecule has 0 aliphatic rings. The summed E-state index contributed by atoms with van der Waals surface area (Å²) in [6.45, 7) is 4.92. The molecule has 1 amide bonds. The molecule has 0 spiro atoms. The lowest BCUT2D eigenvalue weighted by Gasteiger charge is -2.06. The first-order valence-electron chi connectivity index (χ1n) is 8.23. The largest absolute Gasteiger partial charge is 0.355 e. The Hall–Kier alpha value is -1.39. The normalized spacial score (nSPS) is 10.6. The van der Waals surface area contributed by atoms with Gasteiger partial charge in [0.05, 0.1) is 0 Å². The molecule has 0 saturated carbocycles. The number of nitrogens with one attached hydrogen (secondary N) is 1. The molecule has 128 valence electrons. The number of thioether (sulfide) groups is 2. The van der Waals surface area contributed by atoms with Crippen molar-refractivity contribution in [2.75, 3.05) is 18.1 Å². The molecule has 2 aromatic carbocycles. The number of hydrogen-bond acceptors (Lipinski definition) is 3. The van der Waals surface area contributed by atoms with Crippen LogP contribution in [0.25, 0.3) is 0 Å². The predicted octanol–water partition coefficient (Wildman–Crippen LogP) is 4.84. The van der Waals surface area contributed by atoms with Gasteiger partial charge in [0.1, 0.15) is 0 Å². The smallest absolute Gasteiger partial charge is 0.220 e. The monoisotopic (exact) mass is 359 g/mol. The molecule has 0 radical (unpaired) electrons. The number of amides is 1. The molecule has 24 heavy (non-hydrogen) atoms. The zero-order chi connectivity index (χ0) is 17.2. The second kappa shape index (κ2) is 10.5. The average Bonchev–Trinajstić information content (AvgIpc) is 2.58. The van der Waals surface area contributed by atoms with Crippen LogP contribution >= 0.6 is 23.5 Å². The van der Waals surface area contributed by atoms with Crippen molar-refractivity contribution in [2.24, 2.45) is 0 Å². The Bertz CT molecular complexity index is 623. The van der Waals surface area contributed by atoms with Crippen molar-refractivity contribution in [3.63, 3.8) is 0 Å². The van der Waals surface area contributed by atoms with Gasteiger partial charge in [0.2, 0.25) is 5.91 Å². The van der Waals surface area contributed by atoms with Crippen LogP contribution in [0, 0.1) is 13.8 Å². The van der Waals surface area contributed by atoms with Crippen LogP contribution in [-0.4, -0.2) is 24.0 Å². The summed E-state index contributed by atoms with van der Waals surface area (Å²) >= 11 is 3.59. The number of rotatable bonds is 9. The maximum Gasteiger partial charge on any atom is 0.220 e. The van der Waals surface area contributed by atoms with E-state index in [1.54, 1.807) is 11.8 Å². The van der Waals surface area contributed by atoms with Gasteiger partial charge in [0.25, 0.3) is 0 Å². The second-order valence-corrected chi connectivity index (χ2v) is 8.07. The molecule has 0 fully saturated rings. The molecule has 2 rings (SSSR count). The Kier molecular flexibility index (Phi) is 8.26. The zero-order valence-electron chi connectivity index (χ0n) is 14.4. The molecule has 0 bridgehead atoms. The molecule has 0 aliphatic heterocycles. The van der Waals surface area contributed by atoms with E-state index < -0.39 is 0 Å². The van der Waals surface area contributed by atoms with Crippen LogP contribution in [0.15, 0.2) is 53.4 Å². The summed E-state index contributed by atoms with van der Waals surface area (Å²) in [6.07, 6.45) is 0.571. The minimum Gasteiger partial charge on any atom is -0.355 e. The fraction of sp³-hybridized carbons (Fsp3) is 0.350. The highest BCUT2D eigenvalue weighted by molar-refractivity contribution is 7.99. The molecule has 0 unspecified atom stereocenters. The van der Waals surface area contributed by atoms with Gasteiger partial charge in [-0.05, 0) is 31.5 Å². The van der Waals surface area contributed by atoms with Crippen molar-refractivity contribution in [2.45, 2.75) is 30.9 Å². The third kappa shape index (κ3) is 7.45. The Balaban J connectivity index is 1.51. The van der Waals surface area contributed by atoms with Gasteiger partial charge in [0, 0.05) is 35.1 Å². The SMILES string of the molecule is Cc1ccc(CSCCNC(=O)CCSc2ccc(C)cc2)cc1. The summed E-state index contributed by atoms with van der Waals surface area (Å²) in [7, 11) is 0. The number of benzene rings is 2. The van der Waals surface area contributed by atoms with Crippen molar-refractivity contribution in [3.05, 3.63) is 65.2 Å². The van der Waals surface area contributed by atoms with E-state index in [0.29, 0.717) is 6.42 Å². The van der Waals surface area contributed by atoms with Crippen LogP contribution < -0.4 is 5.32 Å². The fourth-order valence-electron chi connectivity index (χ4n) is 2.12. The lowest BCUT2D eigenvalue weighted by atomic mass is 10.2. The van der Waals surface area contributed by atoms with Crippen LogP contribution in [0.4, 0.5) is 0 Å². The minimum absolute atomic E-state index is 0.144. The Morgan fingerprint density at radius 2 is 1.54 bits per heavy atom. The average molecular weight is 360 g/mol. The summed E-state index contributed by atoms with van der Waals surface area (Å²) in [5, 5.41) is 3.00. The summed E-state index contributed by atoms with van der Waals surface area (Å²) in [4.78, 5) is 13.0. The number of carbonyl (C=O) groups excluding carboxylic acids is 1. The van der Waals surface area contributed by atoms with E-state index >= 15 is 0 Å². The zero-order valence-corrected chi connectivity index (χ0v) is 16.0. The third-order valence-electron chi connectivity index (χ3n) is 3.58. The highest BCUT2D eigenvalue weighted by Gasteiger charge is 2.02. The molecule has 2 aromatic rings. The fourth-order valence-corrected chi connectivity index (χ4v) is 3.79. The lowest BCUT2D eigenvalue weighted by molar-refractivity contribution is -0.120. The van der Waals surface area contributed by atoms with Gasteiger partial charge in [-0.3, -0.25) is 4.79 Å². The van der Waals surface area contributed by atoms with Crippen molar-refractivity contribution in [1.29, 1.82) is 0 Å². The van der Waals surface area contributed by atoms with E-state index in [0.717, 1.165) is 23.8 Å². The second-order valence-electron chi connectivity index (χ2n) is 5.80. The highest BCUT2D eigenvalue weighted by Crippen LogP contribution is 2.19. The first kappa shape index (κ1) is 18.9. The summed E-state index contributed by atoms with van der Waals surface area (Å²) < 4.78 is 0. The van der Waals surface area contributed by atoms with Crippen LogP contribution in [0.2, 0.25) is 0 Å².